The van der Waals surface area contributed by atoms with Crippen molar-refractivity contribution in [2.45, 2.75) is 13.8 Å². The number of hydrogen-bond donors (Lipinski definition) is 1. The van der Waals surface area contributed by atoms with Gasteiger partial charge >= 0.3 is 5.69 Å². The fraction of sp³-hybridized carbons (Fsp3) is 0.167. The van der Waals surface area contributed by atoms with E-state index in [0.717, 1.165) is 20.3 Å². The van der Waals surface area contributed by atoms with Crippen LogP contribution in [0.25, 0.3) is 17.0 Å². The highest BCUT2D eigenvalue weighted by Gasteiger charge is 2.20. The average molecular weight is 463 g/mol. The maximum absolute atomic E-state index is 12.3. The summed E-state index contributed by atoms with van der Waals surface area (Å²) in [5.41, 5.74) is 3.67. The third-order valence-electron chi connectivity index (χ3n) is 4.14. The van der Waals surface area contributed by atoms with Gasteiger partial charge in [0, 0.05) is 21.8 Å². The summed E-state index contributed by atoms with van der Waals surface area (Å²) in [6, 6.07) is 13.6. The molecule has 0 unspecified atom stereocenters. The van der Waals surface area contributed by atoms with E-state index in [-0.39, 0.29) is 5.69 Å². The van der Waals surface area contributed by atoms with Gasteiger partial charge in [-0.3, -0.25) is 0 Å². The van der Waals surface area contributed by atoms with E-state index in [1.54, 1.807) is 13.1 Å². The van der Waals surface area contributed by atoms with Crippen LogP contribution < -0.4 is 11.6 Å². The highest BCUT2D eigenvalue weighted by Crippen LogP contribution is 2.32. The molecule has 0 aliphatic carbocycles. The molecule has 0 aliphatic rings. The zero-order valence-electron chi connectivity index (χ0n) is 14.6. The minimum absolute atomic E-state index is 0.347. The number of hydrogen-bond acceptors (Lipinski definition) is 5. The molecule has 0 saturated carbocycles. The molecule has 1 heterocycles. The lowest BCUT2D eigenvalue weighted by Gasteiger charge is -2.16. The van der Waals surface area contributed by atoms with Crippen molar-refractivity contribution in [3.05, 3.63) is 73.2 Å². The Kier molecular flexibility index (Phi) is 5.23. The average Bonchev–Trinajstić information content (AvgIpc) is 2.96. The van der Waals surface area contributed by atoms with Gasteiger partial charge in [0.15, 0.2) is 5.76 Å². The number of aromatic nitrogens is 4. The molecule has 0 aliphatic heterocycles. The van der Waals surface area contributed by atoms with Crippen LogP contribution in [0.4, 0.5) is 0 Å². The fourth-order valence-corrected chi connectivity index (χ4v) is 3.32. The van der Waals surface area contributed by atoms with Gasteiger partial charge in [0.2, 0.25) is 0 Å². The number of halogens is 1. The molecule has 0 spiro atoms. The van der Waals surface area contributed by atoms with Crippen molar-refractivity contribution in [3.8, 4) is 5.69 Å². The third kappa shape index (κ3) is 3.29. The summed E-state index contributed by atoms with van der Waals surface area (Å²) < 4.78 is 3.51. The molecule has 0 fully saturated rings. The fourth-order valence-electron chi connectivity index (χ4n) is 2.78. The van der Waals surface area contributed by atoms with Crippen LogP contribution in [0.15, 0.2) is 47.3 Å². The van der Waals surface area contributed by atoms with Crippen LogP contribution in [0, 0.1) is 10.5 Å². The number of tetrazole rings is 1. The van der Waals surface area contributed by atoms with Crippen molar-refractivity contribution >= 4 is 33.9 Å². The van der Waals surface area contributed by atoms with Gasteiger partial charge in [-0.05, 0) is 76.2 Å². The number of benzene rings is 2. The Morgan fingerprint density at radius 1 is 1.19 bits per heavy atom. The van der Waals surface area contributed by atoms with Gasteiger partial charge in [-0.2, -0.15) is 15.3 Å². The number of rotatable bonds is 4. The standard InChI is InChI=1S/C18H18IN5O2/c1-11-6-4-9-15(24-18(25)23(3)21-22-24)16(11)17(26-20)12(2)13-7-5-8-14(19)10-13/h4-10H,20H2,1-3H3/b17-12+. The van der Waals surface area contributed by atoms with Crippen molar-refractivity contribution in [3.63, 3.8) is 0 Å². The summed E-state index contributed by atoms with van der Waals surface area (Å²) >= 11 is 2.26. The summed E-state index contributed by atoms with van der Waals surface area (Å²) in [5, 5.41) is 7.74. The Labute approximate surface area is 164 Å². The van der Waals surface area contributed by atoms with Crippen molar-refractivity contribution in [2.24, 2.45) is 12.9 Å². The van der Waals surface area contributed by atoms with Crippen LogP contribution in [0.1, 0.15) is 23.6 Å². The van der Waals surface area contributed by atoms with Crippen LogP contribution >= 0.6 is 22.6 Å². The van der Waals surface area contributed by atoms with E-state index >= 15 is 0 Å². The van der Waals surface area contributed by atoms with Gasteiger partial charge in [0.25, 0.3) is 0 Å². The Morgan fingerprint density at radius 2 is 1.92 bits per heavy atom. The number of nitrogens with zero attached hydrogens (tertiary/aromatic N) is 4. The maximum atomic E-state index is 12.3. The Hall–Kier alpha value is -2.46. The molecular weight excluding hydrogens is 445 g/mol. The lowest BCUT2D eigenvalue weighted by atomic mass is 9.98. The van der Waals surface area contributed by atoms with E-state index in [1.807, 2.05) is 50.2 Å². The molecule has 7 nitrogen and oxygen atoms in total. The van der Waals surface area contributed by atoms with E-state index in [1.165, 1.54) is 9.36 Å². The summed E-state index contributed by atoms with van der Waals surface area (Å²) in [6.45, 7) is 3.87. The van der Waals surface area contributed by atoms with Crippen molar-refractivity contribution in [1.29, 1.82) is 0 Å². The van der Waals surface area contributed by atoms with Crippen LogP contribution in [0.3, 0.4) is 0 Å². The van der Waals surface area contributed by atoms with E-state index in [0.29, 0.717) is 17.0 Å². The lowest BCUT2D eigenvalue weighted by molar-refractivity contribution is 0.291. The maximum Gasteiger partial charge on any atom is 0.368 e. The summed E-state index contributed by atoms with van der Waals surface area (Å²) in [7, 11) is 1.55. The first-order chi connectivity index (χ1) is 12.4. The first kappa shape index (κ1) is 18.3. The van der Waals surface area contributed by atoms with Crippen molar-refractivity contribution in [2.75, 3.05) is 0 Å². The minimum atomic E-state index is -0.347. The summed E-state index contributed by atoms with van der Waals surface area (Å²) in [4.78, 5) is 17.6. The van der Waals surface area contributed by atoms with Gasteiger partial charge in [-0.15, -0.1) is 0 Å². The topological polar surface area (TPSA) is 88.0 Å². The molecule has 0 radical (unpaired) electrons. The van der Waals surface area contributed by atoms with Gasteiger partial charge in [-0.1, -0.05) is 24.3 Å². The van der Waals surface area contributed by atoms with Crippen LogP contribution in [0.5, 0.6) is 0 Å². The van der Waals surface area contributed by atoms with Gasteiger partial charge in [0.05, 0.1) is 5.69 Å². The molecule has 0 atom stereocenters. The highest BCUT2D eigenvalue weighted by molar-refractivity contribution is 14.1. The predicted octanol–water partition coefficient (Wildman–Crippen LogP) is 2.66. The lowest BCUT2D eigenvalue weighted by Crippen LogP contribution is -2.23. The molecule has 0 amide bonds. The van der Waals surface area contributed by atoms with Gasteiger partial charge in [-0.25, -0.2) is 4.79 Å². The highest BCUT2D eigenvalue weighted by atomic mass is 127. The Balaban J connectivity index is 2.29. The quantitative estimate of drug-likeness (QED) is 0.278. The first-order valence-corrected chi connectivity index (χ1v) is 8.95. The second-order valence-electron chi connectivity index (χ2n) is 5.85. The molecule has 1 aromatic heterocycles. The summed E-state index contributed by atoms with van der Waals surface area (Å²) in [6.07, 6.45) is 0. The third-order valence-corrected chi connectivity index (χ3v) is 4.81. The van der Waals surface area contributed by atoms with Gasteiger partial charge in [0.1, 0.15) is 0 Å². The molecule has 8 heteroatoms. The molecule has 2 aromatic carbocycles. The van der Waals surface area contributed by atoms with Crippen LogP contribution in [0.2, 0.25) is 0 Å². The van der Waals surface area contributed by atoms with Crippen molar-refractivity contribution < 1.29 is 4.84 Å². The van der Waals surface area contributed by atoms with E-state index in [4.69, 9.17) is 10.7 Å². The Morgan fingerprint density at radius 3 is 2.54 bits per heavy atom. The zero-order chi connectivity index (χ0) is 18.8. The van der Waals surface area contributed by atoms with E-state index < -0.39 is 0 Å². The first-order valence-electron chi connectivity index (χ1n) is 7.87. The van der Waals surface area contributed by atoms with Gasteiger partial charge < -0.3 is 4.84 Å². The second kappa shape index (κ2) is 7.42. The molecule has 3 aromatic rings. The van der Waals surface area contributed by atoms with E-state index in [2.05, 4.69) is 33.0 Å². The predicted molar refractivity (Wildman–Crippen MR) is 108 cm³/mol. The largest absolute Gasteiger partial charge is 0.410 e. The van der Waals surface area contributed by atoms with Crippen molar-refractivity contribution in [1.82, 2.24) is 19.8 Å². The minimum Gasteiger partial charge on any atom is -0.410 e. The number of allylic oxidation sites excluding steroid dienone is 1. The smallest absolute Gasteiger partial charge is 0.368 e. The number of aryl methyl sites for hydroxylation is 2. The molecule has 3 rings (SSSR count). The molecule has 134 valence electrons. The molecular formula is C18H18IN5O2. The second-order valence-corrected chi connectivity index (χ2v) is 7.09. The molecule has 2 N–H and O–H groups in total. The molecule has 0 bridgehead atoms. The molecule has 26 heavy (non-hydrogen) atoms. The monoisotopic (exact) mass is 463 g/mol. The number of nitrogens with two attached hydrogens (primary N) is 1. The zero-order valence-corrected chi connectivity index (χ0v) is 16.8. The van der Waals surface area contributed by atoms with Crippen LogP contribution in [-0.4, -0.2) is 19.8 Å². The molecule has 0 saturated heterocycles. The Bertz CT molecular complexity index is 1050. The SMILES string of the molecule is C/C(=C(\ON)c1c(C)cccc1-n1nnn(C)c1=O)c1cccc(I)c1. The summed E-state index contributed by atoms with van der Waals surface area (Å²) in [5.74, 6) is 6.14. The van der Waals surface area contributed by atoms with E-state index in [9.17, 15) is 4.79 Å². The van der Waals surface area contributed by atoms with Crippen LogP contribution in [-0.2, 0) is 11.9 Å². The normalized spacial score (nSPS) is 12.0.